The molecule has 0 unspecified atom stereocenters. The van der Waals surface area contributed by atoms with E-state index in [-0.39, 0.29) is 0 Å². The predicted octanol–water partition coefficient (Wildman–Crippen LogP) is 3.09. The van der Waals surface area contributed by atoms with Crippen LogP contribution in [-0.2, 0) is 17.8 Å². The number of rotatable bonds is 5. The van der Waals surface area contributed by atoms with Crippen LogP contribution in [0.1, 0.15) is 18.4 Å². The van der Waals surface area contributed by atoms with Crippen molar-refractivity contribution >= 4 is 28.4 Å². The highest BCUT2D eigenvalue weighted by Crippen LogP contribution is 2.25. The maximum atomic E-state index is 5.70. The average molecular weight is 373 g/mol. The number of anilines is 1. The summed E-state index contributed by atoms with van der Waals surface area (Å²) in [6.07, 6.45) is 0.855. The molecule has 0 saturated carbocycles. The smallest absolute Gasteiger partial charge is 0.198 e. The first-order valence-corrected chi connectivity index (χ1v) is 7.09. The second-order valence-electron chi connectivity index (χ2n) is 3.96. The fourth-order valence-corrected chi connectivity index (χ4v) is 2.36. The van der Waals surface area contributed by atoms with Crippen LogP contribution < -0.4 is 5.32 Å². The number of hydrogen-bond acceptors (Lipinski definition) is 5. The second kappa shape index (κ2) is 6.33. The standard InChI is InChI=1S/C13H16IN3O2/c1-4-8-5-6-10(19-8)12-16-9(7-18-3)11(14)13(15-2)17-12/h5-6H,4,7H2,1-3H3,(H,15,16,17). The van der Waals surface area contributed by atoms with Gasteiger partial charge in [-0.1, -0.05) is 6.92 Å². The van der Waals surface area contributed by atoms with Gasteiger partial charge >= 0.3 is 0 Å². The Morgan fingerprint density at radius 1 is 1.37 bits per heavy atom. The van der Waals surface area contributed by atoms with Crippen molar-refractivity contribution in [3.63, 3.8) is 0 Å². The van der Waals surface area contributed by atoms with Gasteiger partial charge in [0.1, 0.15) is 11.6 Å². The molecular formula is C13H16IN3O2. The molecule has 0 amide bonds. The van der Waals surface area contributed by atoms with Gasteiger partial charge < -0.3 is 14.5 Å². The van der Waals surface area contributed by atoms with Crippen molar-refractivity contribution in [1.29, 1.82) is 0 Å². The molecule has 0 aliphatic heterocycles. The van der Waals surface area contributed by atoms with E-state index in [4.69, 9.17) is 9.15 Å². The van der Waals surface area contributed by atoms with Crippen LogP contribution >= 0.6 is 22.6 Å². The molecule has 0 atom stereocenters. The molecule has 6 heteroatoms. The first-order valence-electron chi connectivity index (χ1n) is 6.01. The third-order valence-corrected chi connectivity index (χ3v) is 3.80. The van der Waals surface area contributed by atoms with Crippen LogP contribution in [0.2, 0.25) is 0 Å². The Hall–Kier alpha value is -1.15. The zero-order valence-electron chi connectivity index (χ0n) is 11.2. The van der Waals surface area contributed by atoms with Crippen LogP contribution in [0.3, 0.4) is 0 Å². The number of nitrogens with zero attached hydrogens (tertiary/aromatic N) is 2. The normalized spacial score (nSPS) is 10.7. The number of nitrogens with one attached hydrogen (secondary N) is 1. The molecule has 0 aliphatic carbocycles. The maximum Gasteiger partial charge on any atom is 0.198 e. The zero-order chi connectivity index (χ0) is 13.8. The number of ether oxygens (including phenoxy) is 1. The van der Waals surface area contributed by atoms with Gasteiger partial charge in [-0.15, -0.1) is 0 Å². The van der Waals surface area contributed by atoms with Gasteiger partial charge in [-0.2, -0.15) is 0 Å². The van der Waals surface area contributed by atoms with Crippen LogP contribution in [-0.4, -0.2) is 24.1 Å². The number of methoxy groups -OCH3 is 1. The van der Waals surface area contributed by atoms with Crippen molar-refractivity contribution in [2.24, 2.45) is 0 Å². The van der Waals surface area contributed by atoms with Gasteiger partial charge in [0.2, 0.25) is 0 Å². The Labute approximate surface area is 125 Å². The summed E-state index contributed by atoms with van der Waals surface area (Å²) in [5.74, 6) is 2.97. The van der Waals surface area contributed by atoms with Crippen molar-refractivity contribution in [3.8, 4) is 11.6 Å². The predicted molar refractivity (Wildman–Crippen MR) is 82.1 cm³/mol. The van der Waals surface area contributed by atoms with Crippen LogP contribution in [0.15, 0.2) is 16.5 Å². The molecule has 2 rings (SSSR count). The fourth-order valence-electron chi connectivity index (χ4n) is 1.69. The lowest BCUT2D eigenvalue weighted by Gasteiger charge is -2.09. The van der Waals surface area contributed by atoms with Crippen molar-refractivity contribution in [1.82, 2.24) is 9.97 Å². The van der Waals surface area contributed by atoms with E-state index in [2.05, 4.69) is 37.9 Å². The molecule has 19 heavy (non-hydrogen) atoms. The first kappa shape index (κ1) is 14.3. The van der Waals surface area contributed by atoms with Gasteiger partial charge in [-0.3, -0.25) is 0 Å². The number of halogens is 1. The minimum absolute atomic E-state index is 0.448. The minimum atomic E-state index is 0.448. The third-order valence-electron chi connectivity index (χ3n) is 2.67. The maximum absolute atomic E-state index is 5.70. The number of aryl methyl sites for hydroxylation is 1. The van der Waals surface area contributed by atoms with Gasteiger partial charge in [0.05, 0.1) is 15.9 Å². The van der Waals surface area contributed by atoms with Crippen LogP contribution in [0.4, 0.5) is 5.82 Å². The highest BCUT2D eigenvalue weighted by Gasteiger charge is 2.14. The average Bonchev–Trinajstić information content (AvgIpc) is 2.90. The largest absolute Gasteiger partial charge is 0.458 e. The van der Waals surface area contributed by atoms with E-state index in [0.29, 0.717) is 18.2 Å². The summed E-state index contributed by atoms with van der Waals surface area (Å²) in [6.45, 7) is 2.50. The lowest BCUT2D eigenvalue weighted by atomic mass is 10.3. The summed E-state index contributed by atoms with van der Waals surface area (Å²) >= 11 is 2.21. The van der Waals surface area contributed by atoms with E-state index < -0.39 is 0 Å². The van der Waals surface area contributed by atoms with Crippen LogP contribution in [0.25, 0.3) is 11.6 Å². The van der Waals surface area contributed by atoms with E-state index in [0.717, 1.165) is 27.3 Å². The van der Waals surface area contributed by atoms with E-state index in [1.165, 1.54) is 0 Å². The molecule has 0 spiro atoms. The molecule has 0 radical (unpaired) electrons. The van der Waals surface area contributed by atoms with Crippen LogP contribution in [0.5, 0.6) is 0 Å². The summed E-state index contributed by atoms with van der Waals surface area (Å²) in [7, 11) is 3.49. The molecule has 2 aromatic rings. The van der Waals surface area contributed by atoms with E-state index >= 15 is 0 Å². The van der Waals surface area contributed by atoms with Crippen molar-refractivity contribution in [2.75, 3.05) is 19.5 Å². The summed E-state index contributed by atoms with van der Waals surface area (Å²) in [5.41, 5.74) is 0.854. The number of aromatic nitrogens is 2. The molecule has 0 aliphatic rings. The van der Waals surface area contributed by atoms with E-state index in [1.54, 1.807) is 7.11 Å². The number of hydrogen-bond donors (Lipinski definition) is 1. The molecule has 0 saturated heterocycles. The summed E-state index contributed by atoms with van der Waals surface area (Å²) in [6, 6.07) is 3.85. The van der Waals surface area contributed by atoms with Crippen molar-refractivity contribution in [3.05, 3.63) is 27.2 Å². The van der Waals surface area contributed by atoms with Gasteiger partial charge in [-0.25, -0.2) is 9.97 Å². The molecule has 0 fully saturated rings. The molecule has 0 bridgehead atoms. The van der Waals surface area contributed by atoms with Crippen LogP contribution in [0, 0.1) is 3.57 Å². The SMILES string of the molecule is CCc1ccc(-c2nc(COC)c(I)c(NC)n2)o1. The monoisotopic (exact) mass is 373 g/mol. The lowest BCUT2D eigenvalue weighted by Crippen LogP contribution is -2.06. The molecule has 0 aromatic carbocycles. The quantitative estimate of drug-likeness (QED) is 0.817. The van der Waals surface area contributed by atoms with Crippen molar-refractivity contribution < 1.29 is 9.15 Å². The second-order valence-corrected chi connectivity index (χ2v) is 5.04. The minimum Gasteiger partial charge on any atom is -0.458 e. The molecular weight excluding hydrogens is 357 g/mol. The molecule has 1 N–H and O–H groups in total. The van der Waals surface area contributed by atoms with Gasteiger partial charge in [0, 0.05) is 20.6 Å². The Kier molecular flexibility index (Phi) is 4.76. The zero-order valence-corrected chi connectivity index (χ0v) is 13.3. The molecule has 5 nitrogen and oxygen atoms in total. The van der Waals surface area contributed by atoms with E-state index in [9.17, 15) is 0 Å². The topological polar surface area (TPSA) is 60.2 Å². The molecule has 2 aromatic heterocycles. The highest BCUT2D eigenvalue weighted by atomic mass is 127. The first-order chi connectivity index (χ1) is 9.19. The Morgan fingerprint density at radius 3 is 2.74 bits per heavy atom. The fraction of sp³-hybridized carbons (Fsp3) is 0.385. The van der Waals surface area contributed by atoms with Gasteiger partial charge in [0.15, 0.2) is 11.6 Å². The lowest BCUT2D eigenvalue weighted by molar-refractivity contribution is 0.181. The Balaban J connectivity index is 2.47. The Bertz CT molecular complexity index is 569. The van der Waals surface area contributed by atoms with Gasteiger partial charge in [0.25, 0.3) is 0 Å². The number of furan rings is 1. The summed E-state index contributed by atoms with van der Waals surface area (Å²) in [4.78, 5) is 8.98. The molecule has 102 valence electrons. The summed E-state index contributed by atoms with van der Waals surface area (Å²) in [5, 5.41) is 3.07. The van der Waals surface area contributed by atoms with Crippen molar-refractivity contribution in [2.45, 2.75) is 20.0 Å². The van der Waals surface area contributed by atoms with Gasteiger partial charge in [-0.05, 0) is 34.7 Å². The Morgan fingerprint density at radius 2 is 2.16 bits per heavy atom. The summed E-state index contributed by atoms with van der Waals surface area (Å²) < 4.78 is 11.8. The molecule has 2 heterocycles. The third kappa shape index (κ3) is 3.06. The van der Waals surface area contributed by atoms with E-state index in [1.807, 2.05) is 26.1 Å². The highest BCUT2D eigenvalue weighted by molar-refractivity contribution is 14.1.